The van der Waals surface area contributed by atoms with Crippen LogP contribution in [0.5, 0.6) is 0 Å². The van der Waals surface area contributed by atoms with Gasteiger partial charge in [0, 0.05) is 26.2 Å². The van der Waals surface area contributed by atoms with Crippen molar-refractivity contribution in [2.75, 3.05) is 38.3 Å². The molecule has 4 nitrogen and oxygen atoms in total. The first kappa shape index (κ1) is 12.6. The van der Waals surface area contributed by atoms with Crippen LogP contribution in [-0.2, 0) is 4.79 Å². The third-order valence-corrected chi connectivity index (χ3v) is 2.51. The standard InChI is InChI=1S/C11H16ClN3O/c1-14(2)11(16)7-15(3)10-5-4-8(12)6-9(10)13/h4-6H,7,13H2,1-3H3. The topological polar surface area (TPSA) is 49.6 Å². The molecule has 1 amide bonds. The maximum atomic E-state index is 11.5. The van der Waals surface area contributed by atoms with Gasteiger partial charge in [0.2, 0.25) is 5.91 Å². The van der Waals surface area contributed by atoms with Crippen LogP contribution in [0.15, 0.2) is 18.2 Å². The van der Waals surface area contributed by atoms with E-state index in [1.165, 1.54) is 0 Å². The molecule has 0 bridgehead atoms. The lowest BCUT2D eigenvalue weighted by atomic mass is 10.2. The Kier molecular flexibility index (Phi) is 4.01. The normalized spacial score (nSPS) is 10.0. The zero-order chi connectivity index (χ0) is 12.3. The van der Waals surface area contributed by atoms with E-state index in [4.69, 9.17) is 17.3 Å². The fourth-order valence-corrected chi connectivity index (χ4v) is 1.48. The number of rotatable bonds is 3. The zero-order valence-electron chi connectivity index (χ0n) is 9.70. The molecule has 0 aromatic heterocycles. The van der Waals surface area contributed by atoms with Crippen molar-refractivity contribution < 1.29 is 4.79 Å². The largest absolute Gasteiger partial charge is 0.397 e. The SMILES string of the molecule is CN(C)C(=O)CN(C)c1ccc(Cl)cc1N. The van der Waals surface area contributed by atoms with Crippen LogP contribution in [0, 0.1) is 0 Å². The van der Waals surface area contributed by atoms with Crippen LogP contribution in [0.2, 0.25) is 5.02 Å². The first-order chi connectivity index (χ1) is 7.41. The van der Waals surface area contributed by atoms with Crippen LogP contribution in [0.4, 0.5) is 11.4 Å². The zero-order valence-corrected chi connectivity index (χ0v) is 10.5. The number of hydrogen-bond donors (Lipinski definition) is 1. The molecule has 1 rings (SSSR count). The number of nitrogen functional groups attached to an aromatic ring is 1. The quantitative estimate of drug-likeness (QED) is 0.815. The van der Waals surface area contributed by atoms with E-state index in [0.29, 0.717) is 17.3 Å². The summed E-state index contributed by atoms with van der Waals surface area (Å²) in [5.74, 6) is 0.0249. The molecule has 0 fully saturated rings. The average molecular weight is 242 g/mol. The molecule has 0 aliphatic carbocycles. The van der Waals surface area contributed by atoms with E-state index < -0.39 is 0 Å². The highest BCUT2D eigenvalue weighted by molar-refractivity contribution is 6.31. The number of carbonyl (C=O) groups excluding carboxylic acids is 1. The average Bonchev–Trinajstić information content (AvgIpc) is 2.16. The molecule has 0 radical (unpaired) electrons. The molecule has 0 atom stereocenters. The van der Waals surface area contributed by atoms with Gasteiger partial charge < -0.3 is 15.5 Å². The van der Waals surface area contributed by atoms with Crippen LogP contribution >= 0.6 is 11.6 Å². The minimum atomic E-state index is 0.0249. The molecule has 0 aliphatic rings. The van der Waals surface area contributed by atoms with Crippen LogP contribution in [0.25, 0.3) is 0 Å². The van der Waals surface area contributed by atoms with Gasteiger partial charge in [0.05, 0.1) is 17.9 Å². The predicted molar refractivity (Wildman–Crippen MR) is 67.8 cm³/mol. The number of anilines is 2. The Labute approximate surface area is 101 Å². The molecular weight excluding hydrogens is 226 g/mol. The van der Waals surface area contributed by atoms with Crippen LogP contribution in [-0.4, -0.2) is 38.5 Å². The van der Waals surface area contributed by atoms with E-state index in [1.807, 2.05) is 7.05 Å². The first-order valence-corrected chi connectivity index (χ1v) is 5.26. The van der Waals surface area contributed by atoms with Crippen LogP contribution in [0.1, 0.15) is 0 Å². The molecule has 2 N–H and O–H groups in total. The summed E-state index contributed by atoms with van der Waals surface area (Å²) in [5.41, 5.74) is 7.20. The fourth-order valence-electron chi connectivity index (χ4n) is 1.30. The van der Waals surface area contributed by atoms with Gasteiger partial charge in [0.15, 0.2) is 0 Å². The van der Waals surface area contributed by atoms with Crippen molar-refractivity contribution in [3.05, 3.63) is 23.2 Å². The Morgan fingerprint density at radius 1 is 1.38 bits per heavy atom. The highest BCUT2D eigenvalue weighted by atomic mass is 35.5. The van der Waals surface area contributed by atoms with Gasteiger partial charge in [-0.2, -0.15) is 0 Å². The van der Waals surface area contributed by atoms with E-state index in [9.17, 15) is 4.79 Å². The Balaban J connectivity index is 2.80. The Hall–Kier alpha value is -1.42. The lowest BCUT2D eigenvalue weighted by Crippen LogP contribution is -2.34. The second-order valence-electron chi connectivity index (χ2n) is 3.85. The number of amides is 1. The molecule has 0 heterocycles. The van der Waals surface area contributed by atoms with Crippen molar-refractivity contribution in [1.82, 2.24) is 4.90 Å². The number of nitrogens with zero attached hydrogens (tertiary/aromatic N) is 2. The third-order valence-electron chi connectivity index (χ3n) is 2.27. The first-order valence-electron chi connectivity index (χ1n) is 4.88. The maximum absolute atomic E-state index is 11.5. The lowest BCUT2D eigenvalue weighted by molar-refractivity contribution is -0.127. The maximum Gasteiger partial charge on any atom is 0.241 e. The van der Waals surface area contributed by atoms with Crippen molar-refractivity contribution in [2.45, 2.75) is 0 Å². The second-order valence-corrected chi connectivity index (χ2v) is 4.28. The predicted octanol–water partition coefficient (Wildman–Crippen LogP) is 1.45. The molecular formula is C11H16ClN3O. The third kappa shape index (κ3) is 3.03. The summed E-state index contributed by atoms with van der Waals surface area (Å²) >= 11 is 5.80. The van der Waals surface area contributed by atoms with Crippen molar-refractivity contribution in [3.8, 4) is 0 Å². The summed E-state index contributed by atoms with van der Waals surface area (Å²) in [4.78, 5) is 14.9. The number of likely N-dealkylation sites (N-methyl/N-ethyl adjacent to an activating group) is 2. The summed E-state index contributed by atoms with van der Waals surface area (Å²) in [6, 6.07) is 5.23. The number of halogens is 1. The van der Waals surface area contributed by atoms with E-state index in [-0.39, 0.29) is 5.91 Å². The van der Waals surface area contributed by atoms with Gasteiger partial charge in [0.1, 0.15) is 0 Å². The molecule has 16 heavy (non-hydrogen) atoms. The fraction of sp³-hybridized carbons (Fsp3) is 0.364. The van der Waals surface area contributed by atoms with Gasteiger partial charge in [-0.3, -0.25) is 4.79 Å². The number of benzene rings is 1. The molecule has 0 saturated carbocycles. The molecule has 0 aliphatic heterocycles. The second kappa shape index (κ2) is 5.07. The van der Waals surface area contributed by atoms with Gasteiger partial charge in [-0.25, -0.2) is 0 Å². The van der Waals surface area contributed by atoms with Crippen LogP contribution in [0.3, 0.4) is 0 Å². The smallest absolute Gasteiger partial charge is 0.241 e. The Morgan fingerprint density at radius 3 is 2.50 bits per heavy atom. The summed E-state index contributed by atoms with van der Waals surface area (Å²) < 4.78 is 0. The van der Waals surface area contributed by atoms with Gasteiger partial charge in [-0.05, 0) is 18.2 Å². The van der Waals surface area contributed by atoms with Crippen LogP contribution < -0.4 is 10.6 Å². The van der Waals surface area contributed by atoms with Crippen molar-refractivity contribution in [3.63, 3.8) is 0 Å². The summed E-state index contributed by atoms with van der Waals surface area (Å²) in [7, 11) is 5.27. The van der Waals surface area contributed by atoms with E-state index in [2.05, 4.69) is 0 Å². The van der Waals surface area contributed by atoms with E-state index in [0.717, 1.165) is 5.69 Å². The molecule has 88 valence electrons. The summed E-state index contributed by atoms with van der Waals surface area (Å²) in [6.07, 6.45) is 0. The highest BCUT2D eigenvalue weighted by Gasteiger charge is 2.11. The monoisotopic (exact) mass is 241 g/mol. The Morgan fingerprint density at radius 2 is 2.00 bits per heavy atom. The van der Waals surface area contributed by atoms with E-state index in [1.54, 1.807) is 42.1 Å². The molecule has 1 aromatic carbocycles. The lowest BCUT2D eigenvalue weighted by Gasteiger charge is -2.22. The molecule has 5 heteroatoms. The van der Waals surface area contributed by atoms with E-state index >= 15 is 0 Å². The van der Waals surface area contributed by atoms with Gasteiger partial charge >= 0.3 is 0 Å². The number of carbonyl (C=O) groups is 1. The van der Waals surface area contributed by atoms with Gasteiger partial charge in [0.25, 0.3) is 0 Å². The highest BCUT2D eigenvalue weighted by Crippen LogP contribution is 2.25. The van der Waals surface area contributed by atoms with Crippen molar-refractivity contribution in [1.29, 1.82) is 0 Å². The van der Waals surface area contributed by atoms with Crippen molar-refractivity contribution in [2.24, 2.45) is 0 Å². The molecule has 0 unspecified atom stereocenters. The number of nitrogens with two attached hydrogens (primary N) is 1. The molecule has 0 saturated heterocycles. The Bertz CT molecular complexity index is 393. The molecule has 1 aromatic rings. The summed E-state index contributed by atoms with van der Waals surface area (Å²) in [5, 5.41) is 0.591. The van der Waals surface area contributed by atoms with Crippen molar-refractivity contribution >= 4 is 28.9 Å². The minimum absolute atomic E-state index is 0.0249. The molecule has 0 spiro atoms. The number of hydrogen-bond acceptors (Lipinski definition) is 3. The van der Waals surface area contributed by atoms with Gasteiger partial charge in [-0.15, -0.1) is 0 Å². The summed E-state index contributed by atoms with van der Waals surface area (Å²) in [6.45, 7) is 0.291. The minimum Gasteiger partial charge on any atom is -0.397 e. The van der Waals surface area contributed by atoms with Gasteiger partial charge in [-0.1, -0.05) is 11.6 Å².